The molecule has 0 spiro atoms. The third kappa shape index (κ3) is 1.93. The van der Waals surface area contributed by atoms with E-state index in [-0.39, 0.29) is 12.0 Å². The maximum atomic E-state index is 11.3. The number of benzene rings is 1. The molecule has 1 saturated heterocycles. The van der Waals surface area contributed by atoms with Crippen LogP contribution in [0.1, 0.15) is 12.0 Å². The molecule has 5 heteroatoms. The van der Waals surface area contributed by atoms with Crippen LogP contribution in [0.5, 0.6) is 5.75 Å². The Morgan fingerprint density at radius 1 is 1.35 bits per heavy atom. The first-order chi connectivity index (χ1) is 8.22. The lowest BCUT2D eigenvalue weighted by atomic mass is 10.0. The van der Waals surface area contributed by atoms with Crippen molar-refractivity contribution in [1.29, 1.82) is 0 Å². The van der Waals surface area contributed by atoms with Crippen LogP contribution in [0.2, 0.25) is 0 Å². The number of nitrogen functional groups attached to an aromatic ring is 1. The summed E-state index contributed by atoms with van der Waals surface area (Å²) in [5, 5.41) is 2.83. The molecule has 3 N–H and O–H groups in total. The number of fused-ring (bicyclic) bond motifs is 1. The number of aryl methyl sites for hydroxylation is 1. The van der Waals surface area contributed by atoms with Gasteiger partial charge in [-0.2, -0.15) is 0 Å². The molecule has 1 aromatic rings. The van der Waals surface area contributed by atoms with Crippen LogP contribution in [0.15, 0.2) is 12.1 Å². The second kappa shape index (κ2) is 3.92. The summed E-state index contributed by atoms with van der Waals surface area (Å²) >= 11 is 0. The van der Waals surface area contributed by atoms with Gasteiger partial charge in [-0.25, -0.2) is 0 Å². The Bertz CT molecular complexity index is 469. The number of nitrogens with two attached hydrogens (primary N) is 1. The fraction of sp³-hybridized carbons (Fsp3) is 0.417. The summed E-state index contributed by atoms with van der Waals surface area (Å²) in [5.74, 6) is 0.666. The lowest BCUT2D eigenvalue weighted by Crippen LogP contribution is -2.38. The van der Waals surface area contributed by atoms with Crippen molar-refractivity contribution in [2.24, 2.45) is 0 Å². The van der Waals surface area contributed by atoms with Crippen LogP contribution in [0, 0.1) is 0 Å². The average molecular weight is 234 g/mol. The molecule has 0 unspecified atom stereocenters. The second-order valence-corrected chi connectivity index (χ2v) is 4.37. The number of hydrogen-bond donors (Lipinski definition) is 2. The summed E-state index contributed by atoms with van der Waals surface area (Å²) in [6, 6.07) is 3.68. The number of carbonyl (C=O) groups is 1. The number of nitrogens with one attached hydrogen (secondary N) is 1. The largest absolute Gasteiger partial charge is 0.483 e. The Labute approximate surface area is 98.9 Å². The number of rotatable bonds is 2. The minimum absolute atomic E-state index is 0.0419. The molecule has 17 heavy (non-hydrogen) atoms. The minimum Gasteiger partial charge on any atom is -0.483 e. The van der Waals surface area contributed by atoms with E-state index in [2.05, 4.69) is 5.32 Å². The maximum absolute atomic E-state index is 11.3. The zero-order chi connectivity index (χ0) is 11.8. The van der Waals surface area contributed by atoms with Crippen molar-refractivity contribution in [2.75, 3.05) is 24.3 Å². The molecule has 0 atom stereocenters. The Balaban J connectivity index is 1.88. The summed E-state index contributed by atoms with van der Waals surface area (Å²) < 4.78 is 10.7. The minimum atomic E-state index is 0.0419. The van der Waals surface area contributed by atoms with Gasteiger partial charge in [0.2, 0.25) is 5.91 Å². The molecule has 2 aliphatic rings. The topological polar surface area (TPSA) is 73.6 Å². The second-order valence-electron chi connectivity index (χ2n) is 4.37. The van der Waals surface area contributed by atoms with E-state index >= 15 is 0 Å². The van der Waals surface area contributed by atoms with E-state index in [1.165, 1.54) is 0 Å². The Hall–Kier alpha value is -1.75. The fourth-order valence-corrected chi connectivity index (χ4v) is 1.99. The number of carbonyl (C=O) groups excluding carboxylic acids is 1. The van der Waals surface area contributed by atoms with Crippen LogP contribution in [0.25, 0.3) is 0 Å². The maximum Gasteiger partial charge on any atom is 0.224 e. The molecule has 0 aliphatic carbocycles. The highest BCUT2D eigenvalue weighted by Crippen LogP contribution is 2.33. The third-order valence-electron chi connectivity index (χ3n) is 3.03. The third-order valence-corrected chi connectivity index (χ3v) is 3.03. The number of anilines is 2. The van der Waals surface area contributed by atoms with Gasteiger partial charge in [0.25, 0.3) is 0 Å². The van der Waals surface area contributed by atoms with Gasteiger partial charge in [0.1, 0.15) is 11.9 Å². The van der Waals surface area contributed by atoms with Gasteiger partial charge < -0.3 is 20.5 Å². The van der Waals surface area contributed by atoms with Crippen molar-refractivity contribution in [1.82, 2.24) is 0 Å². The smallest absolute Gasteiger partial charge is 0.224 e. The van der Waals surface area contributed by atoms with Gasteiger partial charge in [-0.1, -0.05) is 0 Å². The van der Waals surface area contributed by atoms with E-state index < -0.39 is 0 Å². The fourth-order valence-electron chi connectivity index (χ4n) is 1.99. The molecule has 1 amide bonds. The molecule has 5 nitrogen and oxygen atoms in total. The monoisotopic (exact) mass is 234 g/mol. The van der Waals surface area contributed by atoms with Crippen LogP contribution >= 0.6 is 0 Å². The Morgan fingerprint density at radius 3 is 2.88 bits per heavy atom. The molecule has 0 radical (unpaired) electrons. The SMILES string of the molecule is Nc1cc2c(cc1OC1COC1)NC(=O)CC2. The van der Waals surface area contributed by atoms with E-state index in [9.17, 15) is 4.79 Å². The number of hydrogen-bond acceptors (Lipinski definition) is 4. The summed E-state index contributed by atoms with van der Waals surface area (Å²) in [4.78, 5) is 11.3. The van der Waals surface area contributed by atoms with E-state index in [1.807, 2.05) is 6.07 Å². The van der Waals surface area contributed by atoms with Crippen LogP contribution in [-0.4, -0.2) is 25.2 Å². The Morgan fingerprint density at radius 2 is 2.18 bits per heavy atom. The van der Waals surface area contributed by atoms with Crippen LogP contribution in [0.4, 0.5) is 11.4 Å². The molecule has 1 fully saturated rings. The molecule has 0 aromatic heterocycles. The highest BCUT2D eigenvalue weighted by Gasteiger charge is 2.23. The zero-order valence-electron chi connectivity index (χ0n) is 9.36. The molecule has 3 rings (SSSR count). The first-order valence-electron chi connectivity index (χ1n) is 5.69. The van der Waals surface area contributed by atoms with E-state index in [4.69, 9.17) is 15.2 Å². The van der Waals surface area contributed by atoms with Crippen LogP contribution in [-0.2, 0) is 16.0 Å². The summed E-state index contributed by atoms with van der Waals surface area (Å²) in [6.45, 7) is 1.20. The predicted octanol–water partition coefficient (Wildman–Crippen LogP) is 0.931. The normalized spacial score (nSPS) is 19.2. The van der Waals surface area contributed by atoms with Gasteiger partial charge in [0.15, 0.2) is 0 Å². The summed E-state index contributed by atoms with van der Waals surface area (Å²) in [6.07, 6.45) is 1.33. The van der Waals surface area contributed by atoms with Gasteiger partial charge >= 0.3 is 0 Å². The van der Waals surface area contributed by atoms with Crippen molar-refractivity contribution in [3.8, 4) is 5.75 Å². The highest BCUT2D eigenvalue weighted by atomic mass is 16.6. The number of ether oxygens (including phenoxy) is 2. The van der Waals surface area contributed by atoms with E-state index in [0.29, 0.717) is 31.1 Å². The Kier molecular flexibility index (Phi) is 2.40. The molecular formula is C12H14N2O3. The molecule has 90 valence electrons. The summed E-state index contributed by atoms with van der Waals surface area (Å²) in [5.41, 5.74) is 8.42. The molecule has 2 heterocycles. The lowest BCUT2D eigenvalue weighted by molar-refractivity contribution is -0.116. The zero-order valence-corrected chi connectivity index (χ0v) is 9.36. The molecule has 0 bridgehead atoms. The van der Waals surface area contributed by atoms with Crippen molar-refractivity contribution >= 4 is 17.3 Å². The first-order valence-corrected chi connectivity index (χ1v) is 5.69. The first kappa shape index (κ1) is 10.4. The standard InChI is InChI=1S/C12H14N2O3/c13-9-3-7-1-2-12(15)14-10(7)4-11(9)17-8-5-16-6-8/h3-4,8H,1-2,5-6,13H2,(H,14,15). The molecule has 1 aromatic carbocycles. The van der Waals surface area contributed by atoms with Crippen molar-refractivity contribution < 1.29 is 14.3 Å². The average Bonchev–Trinajstić information content (AvgIpc) is 2.24. The lowest BCUT2D eigenvalue weighted by Gasteiger charge is -2.28. The van der Waals surface area contributed by atoms with Gasteiger partial charge in [0.05, 0.1) is 18.9 Å². The number of amides is 1. The van der Waals surface area contributed by atoms with Gasteiger partial charge in [-0.3, -0.25) is 4.79 Å². The van der Waals surface area contributed by atoms with Crippen molar-refractivity contribution in [3.63, 3.8) is 0 Å². The van der Waals surface area contributed by atoms with Crippen molar-refractivity contribution in [2.45, 2.75) is 18.9 Å². The highest BCUT2D eigenvalue weighted by molar-refractivity contribution is 5.94. The van der Waals surface area contributed by atoms with Gasteiger partial charge in [-0.15, -0.1) is 0 Å². The quantitative estimate of drug-likeness (QED) is 0.747. The van der Waals surface area contributed by atoms with E-state index in [0.717, 1.165) is 17.7 Å². The molecule has 0 saturated carbocycles. The summed E-state index contributed by atoms with van der Waals surface area (Å²) in [7, 11) is 0. The molecular weight excluding hydrogens is 220 g/mol. The van der Waals surface area contributed by atoms with E-state index in [1.54, 1.807) is 6.07 Å². The molecule has 2 aliphatic heterocycles. The van der Waals surface area contributed by atoms with Crippen LogP contribution in [0.3, 0.4) is 0 Å². The van der Waals surface area contributed by atoms with Crippen molar-refractivity contribution in [3.05, 3.63) is 17.7 Å². The predicted molar refractivity (Wildman–Crippen MR) is 63.0 cm³/mol. The van der Waals surface area contributed by atoms with Crippen LogP contribution < -0.4 is 15.8 Å². The van der Waals surface area contributed by atoms with Gasteiger partial charge in [0, 0.05) is 18.2 Å². The van der Waals surface area contributed by atoms with Gasteiger partial charge in [-0.05, 0) is 18.1 Å².